The van der Waals surface area contributed by atoms with Gasteiger partial charge in [-0.15, -0.1) is 0 Å². The van der Waals surface area contributed by atoms with Crippen molar-refractivity contribution in [3.8, 4) is 0 Å². The zero-order chi connectivity index (χ0) is 8.48. The van der Waals surface area contributed by atoms with Crippen LogP contribution in [0.3, 0.4) is 0 Å². The van der Waals surface area contributed by atoms with Crippen molar-refractivity contribution < 1.29 is 14.3 Å². The monoisotopic (exact) mass is 158 g/mol. The minimum atomic E-state index is -0.613. The molecule has 0 radical (unpaired) electrons. The number of ketones is 1. The van der Waals surface area contributed by atoms with E-state index in [9.17, 15) is 4.79 Å². The molecule has 0 aromatic heterocycles. The highest BCUT2D eigenvalue weighted by Crippen LogP contribution is 2.23. The van der Waals surface area contributed by atoms with Gasteiger partial charge in [-0.1, -0.05) is 0 Å². The predicted molar refractivity (Wildman–Crippen MR) is 40.5 cm³/mol. The molecule has 1 fully saturated rings. The van der Waals surface area contributed by atoms with Gasteiger partial charge < -0.3 is 9.47 Å². The SMILES string of the molecule is COC1(C)CCOC(C)C1=O. The first-order valence-corrected chi connectivity index (χ1v) is 3.81. The van der Waals surface area contributed by atoms with Crippen molar-refractivity contribution in [1.29, 1.82) is 0 Å². The summed E-state index contributed by atoms with van der Waals surface area (Å²) in [6, 6.07) is 0. The van der Waals surface area contributed by atoms with E-state index in [0.717, 1.165) is 0 Å². The Hall–Kier alpha value is -0.410. The van der Waals surface area contributed by atoms with Gasteiger partial charge in [0.2, 0.25) is 0 Å². The molecule has 3 nitrogen and oxygen atoms in total. The molecule has 2 atom stereocenters. The van der Waals surface area contributed by atoms with Crippen LogP contribution in [0.25, 0.3) is 0 Å². The molecule has 0 amide bonds. The highest BCUT2D eigenvalue weighted by molar-refractivity contribution is 5.91. The van der Waals surface area contributed by atoms with Crippen molar-refractivity contribution in [3.63, 3.8) is 0 Å². The number of carbonyl (C=O) groups excluding carboxylic acids is 1. The van der Waals surface area contributed by atoms with Gasteiger partial charge in [0, 0.05) is 13.5 Å². The van der Waals surface area contributed by atoms with Gasteiger partial charge >= 0.3 is 0 Å². The molecule has 11 heavy (non-hydrogen) atoms. The van der Waals surface area contributed by atoms with Gasteiger partial charge in [0.1, 0.15) is 11.7 Å². The lowest BCUT2D eigenvalue weighted by Crippen LogP contribution is -2.49. The number of rotatable bonds is 1. The van der Waals surface area contributed by atoms with Crippen LogP contribution in [0.5, 0.6) is 0 Å². The number of methoxy groups -OCH3 is 1. The maximum absolute atomic E-state index is 11.4. The maximum Gasteiger partial charge on any atom is 0.192 e. The minimum Gasteiger partial charge on any atom is -0.371 e. The molecular formula is C8H14O3. The molecule has 2 unspecified atom stereocenters. The van der Waals surface area contributed by atoms with E-state index >= 15 is 0 Å². The van der Waals surface area contributed by atoms with Crippen LogP contribution in [-0.2, 0) is 14.3 Å². The Kier molecular flexibility index (Phi) is 2.30. The van der Waals surface area contributed by atoms with Gasteiger partial charge in [0.25, 0.3) is 0 Å². The Labute approximate surface area is 66.7 Å². The average molecular weight is 158 g/mol. The molecule has 1 aliphatic heterocycles. The van der Waals surface area contributed by atoms with Crippen molar-refractivity contribution in [1.82, 2.24) is 0 Å². The molecule has 0 bridgehead atoms. The van der Waals surface area contributed by atoms with E-state index in [1.165, 1.54) is 0 Å². The van der Waals surface area contributed by atoms with Gasteiger partial charge in [-0.3, -0.25) is 4.79 Å². The van der Waals surface area contributed by atoms with Crippen LogP contribution in [-0.4, -0.2) is 31.2 Å². The predicted octanol–water partition coefficient (Wildman–Crippen LogP) is 0.769. The third kappa shape index (κ3) is 1.44. The number of hydrogen-bond acceptors (Lipinski definition) is 3. The third-order valence-corrected chi connectivity index (χ3v) is 2.29. The average Bonchev–Trinajstić information content (AvgIpc) is 2.00. The van der Waals surface area contributed by atoms with Crippen LogP contribution in [0.15, 0.2) is 0 Å². The second-order valence-corrected chi connectivity index (χ2v) is 3.06. The quantitative estimate of drug-likeness (QED) is 0.565. The van der Waals surface area contributed by atoms with E-state index in [4.69, 9.17) is 9.47 Å². The highest BCUT2D eigenvalue weighted by Gasteiger charge is 2.39. The molecule has 1 heterocycles. The Morgan fingerprint density at radius 3 is 2.82 bits per heavy atom. The van der Waals surface area contributed by atoms with Gasteiger partial charge in [-0.25, -0.2) is 0 Å². The molecule has 1 saturated heterocycles. The van der Waals surface area contributed by atoms with Crippen LogP contribution in [0.4, 0.5) is 0 Å². The summed E-state index contributed by atoms with van der Waals surface area (Å²) in [5.74, 6) is 0.0475. The van der Waals surface area contributed by atoms with Crippen molar-refractivity contribution in [3.05, 3.63) is 0 Å². The molecule has 0 N–H and O–H groups in total. The summed E-state index contributed by atoms with van der Waals surface area (Å²) >= 11 is 0. The summed E-state index contributed by atoms with van der Waals surface area (Å²) in [5, 5.41) is 0. The van der Waals surface area contributed by atoms with Crippen LogP contribution < -0.4 is 0 Å². The van der Waals surface area contributed by atoms with Gasteiger partial charge in [-0.05, 0) is 13.8 Å². The molecule has 1 aliphatic rings. The summed E-state index contributed by atoms with van der Waals surface area (Å²) in [7, 11) is 1.57. The standard InChI is InChI=1S/C8H14O3/c1-6-7(9)8(2,10-3)4-5-11-6/h6H,4-5H2,1-3H3. The van der Waals surface area contributed by atoms with Gasteiger partial charge in [0.15, 0.2) is 5.78 Å². The summed E-state index contributed by atoms with van der Waals surface area (Å²) in [6.45, 7) is 4.18. The fourth-order valence-corrected chi connectivity index (χ4v) is 1.26. The Balaban J connectivity index is 2.72. The second-order valence-electron chi connectivity index (χ2n) is 3.06. The van der Waals surface area contributed by atoms with E-state index < -0.39 is 5.60 Å². The third-order valence-electron chi connectivity index (χ3n) is 2.29. The summed E-state index contributed by atoms with van der Waals surface area (Å²) in [5.41, 5.74) is -0.613. The highest BCUT2D eigenvalue weighted by atomic mass is 16.5. The van der Waals surface area contributed by atoms with Crippen LogP contribution in [0.1, 0.15) is 20.3 Å². The first kappa shape index (κ1) is 8.68. The van der Waals surface area contributed by atoms with E-state index in [0.29, 0.717) is 13.0 Å². The minimum absolute atomic E-state index is 0.0475. The lowest BCUT2D eigenvalue weighted by Gasteiger charge is -2.33. The topological polar surface area (TPSA) is 35.5 Å². The maximum atomic E-state index is 11.4. The summed E-state index contributed by atoms with van der Waals surface area (Å²) < 4.78 is 10.3. The Morgan fingerprint density at radius 2 is 2.36 bits per heavy atom. The van der Waals surface area contributed by atoms with Crippen molar-refractivity contribution >= 4 is 5.78 Å². The Bertz CT molecular complexity index is 167. The molecule has 0 saturated carbocycles. The van der Waals surface area contributed by atoms with Gasteiger partial charge in [-0.2, -0.15) is 0 Å². The zero-order valence-corrected chi connectivity index (χ0v) is 7.22. The summed E-state index contributed by atoms with van der Waals surface area (Å²) in [4.78, 5) is 11.4. The second kappa shape index (κ2) is 2.91. The molecule has 0 aromatic rings. The number of hydrogen-bond donors (Lipinski definition) is 0. The molecule has 64 valence electrons. The molecule has 0 aliphatic carbocycles. The Morgan fingerprint density at radius 1 is 1.73 bits per heavy atom. The first-order chi connectivity index (χ1) is 5.10. The molecular weight excluding hydrogens is 144 g/mol. The zero-order valence-electron chi connectivity index (χ0n) is 7.22. The molecule has 1 rings (SSSR count). The normalized spacial score (nSPS) is 39.2. The summed E-state index contributed by atoms with van der Waals surface area (Å²) in [6.07, 6.45) is 0.348. The van der Waals surface area contributed by atoms with Gasteiger partial charge in [0.05, 0.1) is 6.61 Å². The van der Waals surface area contributed by atoms with Crippen LogP contribution >= 0.6 is 0 Å². The fraction of sp³-hybridized carbons (Fsp3) is 0.875. The number of carbonyl (C=O) groups is 1. The van der Waals surface area contributed by atoms with E-state index in [1.807, 2.05) is 6.92 Å². The van der Waals surface area contributed by atoms with E-state index in [1.54, 1.807) is 14.0 Å². The molecule has 0 aromatic carbocycles. The van der Waals surface area contributed by atoms with E-state index in [2.05, 4.69) is 0 Å². The smallest absolute Gasteiger partial charge is 0.192 e. The fourth-order valence-electron chi connectivity index (χ4n) is 1.26. The number of ether oxygens (including phenoxy) is 2. The van der Waals surface area contributed by atoms with Crippen molar-refractivity contribution in [2.24, 2.45) is 0 Å². The number of Topliss-reactive ketones (excluding diaryl/α,β-unsaturated/α-hetero) is 1. The van der Waals surface area contributed by atoms with Crippen LogP contribution in [0, 0.1) is 0 Å². The largest absolute Gasteiger partial charge is 0.371 e. The van der Waals surface area contributed by atoms with Crippen molar-refractivity contribution in [2.45, 2.75) is 32.0 Å². The molecule has 0 spiro atoms. The lowest BCUT2D eigenvalue weighted by atomic mass is 9.91. The lowest BCUT2D eigenvalue weighted by molar-refractivity contribution is -0.163. The first-order valence-electron chi connectivity index (χ1n) is 3.81. The van der Waals surface area contributed by atoms with Crippen LogP contribution in [0.2, 0.25) is 0 Å². The van der Waals surface area contributed by atoms with Crippen molar-refractivity contribution in [2.75, 3.05) is 13.7 Å². The molecule has 3 heteroatoms. The van der Waals surface area contributed by atoms with E-state index in [-0.39, 0.29) is 11.9 Å².